The number of hydrogen-bond donors (Lipinski definition) is 1. The van der Waals surface area contributed by atoms with Crippen molar-refractivity contribution in [3.8, 4) is 0 Å². The Labute approximate surface area is 107 Å². The van der Waals surface area contributed by atoms with Crippen LogP contribution >= 0.6 is 0 Å². The van der Waals surface area contributed by atoms with E-state index in [0.29, 0.717) is 19.6 Å². The molecule has 104 valence electrons. The van der Waals surface area contributed by atoms with Crippen molar-refractivity contribution in [3.05, 3.63) is 0 Å². The number of carbonyl (C=O) groups excluding carboxylic acids is 1. The van der Waals surface area contributed by atoms with E-state index in [9.17, 15) is 9.59 Å². The Balaban J connectivity index is 2.72. The van der Waals surface area contributed by atoms with Crippen LogP contribution in [0, 0.1) is 5.92 Å². The minimum atomic E-state index is -1.00. The molecule has 1 unspecified atom stereocenters. The summed E-state index contributed by atoms with van der Waals surface area (Å²) in [5.74, 6) is -0.955. The molecule has 0 bridgehead atoms. The van der Waals surface area contributed by atoms with Gasteiger partial charge in [0.15, 0.2) is 0 Å². The predicted molar refractivity (Wildman–Crippen MR) is 64.3 cm³/mol. The predicted octanol–water partition coefficient (Wildman–Crippen LogP) is 1.34. The molecule has 0 spiro atoms. The van der Waals surface area contributed by atoms with Crippen LogP contribution in [0.5, 0.6) is 0 Å². The normalized spacial score (nSPS) is 24.1. The minimum Gasteiger partial charge on any atom is -0.480 e. The summed E-state index contributed by atoms with van der Waals surface area (Å²) >= 11 is 0. The van der Waals surface area contributed by atoms with Crippen LogP contribution in [0.15, 0.2) is 0 Å². The van der Waals surface area contributed by atoms with Crippen LogP contribution in [0.4, 0.5) is 4.79 Å². The fraction of sp³-hybridized carbons (Fsp3) is 0.833. The van der Waals surface area contributed by atoms with Crippen LogP contribution in [0.25, 0.3) is 0 Å². The molecule has 2 atom stereocenters. The summed E-state index contributed by atoms with van der Waals surface area (Å²) < 4.78 is 10.2. The van der Waals surface area contributed by atoms with Gasteiger partial charge in [-0.25, -0.2) is 9.59 Å². The number of carbonyl (C=O) groups is 2. The van der Waals surface area contributed by atoms with Crippen LogP contribution in [0.2, 0.25) is 0 Å². The number of methoxy groups -OCH3 is 1. The van der Waals surface area contributed by atoms with Gasteiger partial charge in [0.05, 0.1) is 6.61 Å². The van der Waals surface area contributed by atoms with Gasteiger partial charge in [-0.15, -0.1) is 0 Å². The van der Waals surface area contributed by atoms with Crippen LogP contribution in [-0.4, -0.2) is 54.0 Å². The summed E-state index contributed by atoms with van der Waals surface area (Å²) in [5, 5.41) is 9.13. The van der Waals surface area contributed by atoms with Crippen LogP contribution < -0.4 is 0 Å². The number of carboxylic acids is 1. The number of likely N-dealkylation sites (tertiary alicyclic amines) is 1. The highest BCUT2D eigenvalue weighted by Gasteiger charge is 2.41. The second-order valence-corrected chi connectivity index (χ2v) is 5.54. The van der Waals surface area contributed by atoms with Gasteiger partial charge in [-0.2, -0.15) is 0 Å². The molecular formula is C12H21NO5. The van der Waals surface area contributed by atoms with E-state index >= 15 is 0 Å². The maximum Gasteiger partial charge on any atom is 0.411 e. The molecule has 0 aromatic rings. The zero-order valence-corrected chi connectivity index (χ0v) is 11.3. The molecule has 0 aromatic carbocycles. The monoisotopic (exact) mass is 259 g/mol. The summed E-state index contributed by atoms with van der Waals surface area (Å²) in [6.07, 6.45) is -0.170. The summed E-state index contributed by atoms with van der Waals surface area (Å²) in [4.78, 5) is 24.3. The van der Waals surface area contributed by atoms with Gasteiger partial charge in [0.25, 0.3) is 0 Å². The second-order valence-electron chi connectivity index (χ2n) is 5.54. The van der Waals surface area contributed by atoms with Crippen molar-refractivity contribution in [1.82, 2.24) is 4.90 Å². The topological polar surface area (TPSA) is 76.1 Å². The number of ether oxygens (including phenoxy) is 2. The van der Waals surface area contributed by atoms with Gasteiger partial charge < -0.3 is 14.6 Å². The molecule has 6 heteroatoms. The van der Waals surface area contributed by atoms with Crippen molar-refractivity contribution >= 4 is 12.1 Å². The maximum absolute atomic E-state index is 11.9. The molecule has 1 N–H and O–H groups in total. The van der Waals surface area contributed by atoms with E-state index in [0.717, 1.165) is 0 Å². The lowest BCUT2D eigenvalue weighted by molar-refractivity contribution is -0.142. The van der Waals surface area contributed by atoms with Crippen molar-refractivity contribution in [2.75, 3.05) is 20.3 Å². The van der Waals surface area contributed by atoms with E-state index in [1.807, 2.05) is 0 Å². The molecule has 0 saturated carbocycles. The third kappa shape index (κ3) is 3.87. The number of carboxylic acid groups (broad SMARTS) is 1. The van der Waals surface area contributed by atoms with E-state index < -0.39 is 23.7 Å². The first kappa shape index (κ1) is 14.8. The summed E-state index contributed by atoms with van der Waals surface area (Å²) in [6.45, 7) is 6.07. The Morgan fingerprint density at radius 2 is 2.00 bits per heavy atom. The van der Waals surface area contributed by atoms with E-state index in [2.05, 4.69) is 0 Å². The third-order valence-electron chi connectivity index (χ3n) is 2.70. The molecule has 18 heavy (non-hydrogen) atoms. The number of rotatable bonds is 3. The zero-order chi connectivity index (χ0) is 13.9. The van der Waals surface area contributed by atoms with E-state index in [1.54, 1.807) is 27.9 Å². The molecule has 1 heterocycles. The van der Waals surface area contributed by atoms with Gasteiger partial charge >= 0.3 is 12.1 Å². The van der Waals surface area contributed by atoms with E-state index in [4.69, 9.17) is 14.6 Å². The van der Waals surface area contributed by atoms with Crippen LogP contribution in [0.1, 0.15) is 27.2 Å². The molecule has 0 aromatic heterocycles. The Morgan fingerprint density at radius 1 is 1.39 bits per heavy atom. The van der Waals surface area contributed by atoms with Gasteiger partial charge in [0, 0.05) is 19.6 Å². The van der Waals surface area contributed by atoms with Crippen molar-refractivity contribution in [2.45, 2.75) is 38.8 Å². The molecular weight excluding hydrogens is 238 g/mol. The molecule has 1 rings (SSSR count). The molecule has 0 aliphatic carbocycles. The minimum absolute atomic E-state index is 0.0450. The quantitative estimate of drug-likeness (QED) is 0.827. The van der Waals surface area contributed by atoms with Crippen LogP contribution in [0.3, 0.4) is 0 Å². The summed E-state index contributed by atoms with van der Waals surface area (Å²) in [6, 6.07) is -0.819. The SMILES string of the molecule is COC[C@H]1CC(C(=O)O)N(C(=O)OC(C)(C)C)C1. The highest BCUT2D eigenvalue weighted by Crippen LogP contribution is 2.25. The average Bonchev–Trinajstić information content (AvgIpc) is 2.59. The Bertz CT molecular complexity index is 323. The fourth-order valence-electron chi connectivity index (χ4n) is 2.04. The number of aliphatic carboxylic acids is 1. The van der Waals surface area contributed by atoms with E-state index in [-0.39, 0.29) is 5.92 Å². The fourth-order valence-corrected chi connectivity index (χ4v) is 2.04. The Morgan fingerprint density at radius 3 is 2.44 bits per heavy atom. The summed E-state index contributed by atoms with van der Waals surface area (Å²) in [7, 11) is 1.56. The van der Waals surface area contributed by atoms with Gasteiger partial charge in [-0.05, 0) is 27.2 Å². The largest absolute Gasteiger partial charge is 0.480 e. The molecule has 6 nitrogen and oxygen atoms in total. The Hall–Kier alpha value is -1.30. The smallest absolute Gasteiger partial charge is 0.411 e. The molecule has 1 aliphatic rings. The molecule has 1 amide bonds. The molecule has 1 aliphatic heterocycles. The van der Waals surface area contributed by atoms with Crippen LogP contribution in [-0.2, 0) is 14.3 Å². The van der Waals surface area contributed by atoms with Gasteiger partial charge in [0.2, 0.25) is 0 Å². The lowest BCUT2D eigenvalue weighted by Gasteiger charge is -2.26. The molecule has 1 fully saturated rings. The highest BCUT2D eigenvalue weighted by molar-refractivity contribution is 5.81. The number of hydrogen-bond acceptors (Lipinski definition) is 4. The molecule has 0 radical (unpaired) electrons. The van der Waals surface area contributed by atoms with Gasteiger partial charge in [-0.3, -0.25) is 4.90 Å². The first-order valence-electron chi connectivity index (χ1n) is 5.96. The van der Waals surface area contributed by atoms with Gasteiger partial charge in [-0.1, -0.05) is 0 Å². The third-order valence-corrected chi connectivity index (χ3v) is 2.70. The standard InChI is InChI=1S/C12H21NO5/c1-12(2,3)18-11(16)13-6-8(7-17-4)5-9(13)10(14)15/h8-9H,5-7H2,1-4H3,(H,14,15)/t8-,9?/m0/s1. The lowest BCUT2D eigenvalue weighted by atomic mass is 10.1. The van der Waals surface area contributed by atoms with Crippen molar-refractivity contribution in [1.29, 1.82) is 0 Å². The Kier molecular flexibility index (Phi) is 4.56. The van der Waals surface area contributed by atoms with Crippen molar-refractivity contribution in [3.63, 3.8) is 0 Å². The maximum atomic E-state index is 11.9. The second kappa shape index (κ2) is 5.56. The summed E-state index contributed by atoms with van der Waals surface area (Å²) in [5.41, 5.74) is -0.626. The number of nitrogens with zero attached hydrogens (tertiary/aromatic N) is 1. The lowest BCUT2D eigenvalue weighted by Crippen LogP contribution is -2.43. The zero-order valence-electron chi connectivity index (χ0n) is 11.3. The van der Waals surface area contributed by atoms with Gasteiger partial charge in [0.1, 0.15) is 11.6 Å². The first-order valence-corrected chi connectivity index (χ1v) is 5.96. The average molecular weight is 259 g/mol. The van der Waals surface area contributed by atoms with E-state index in [1.165, 1.54) is 4.90 Å². The van der Waals surface area contributed by atoms with Crippen molar-refractivity contribution in [2.24, 2.45) is 5.92 Å². The number of amides is 1. The molecule has 1 saturated heterocycles. The highest BCUT2D eigenvalue weighted by atomic mass is 16.6. The first-order chi connectivity index (χ1) is 8.24. The van der Waals surface area contributed by atoms with Crippen molar-refractivity contribution < 1.29 is 24.2 Å².